The van der Waals surface area contributed by atoms with Crippen LogP contribution in [0.3, 0.4) is 0 Å². The highest BCUT2D eigenvalue weighted by Crippen LogP contribution is 2.22. The van der Waals surface area contributed by atoms with Crippen molar-refractivity contribution in [1.29, 1.82) is 5.26 Å². The zero-order valence-electron chi connectivity index (χ0n) is 12.1. The molecule has 0 spiro atoms. The van der Waals surface area contributed by atoms with Gasteiger partial charge in [-0.2, -0.15) is 5.26 Å². The molecule has 0 radical (unpaired) electrons. The maximum Gasteiger partial charge on any atom is 0.314 e. The summed E-state index contributed by atoms with van der Waals surface area (Å²) >= 11 is 0. The molecule has 0 atom stereocenters. The lowest BCUT2D eigenvalue weighted by molar-refractivity contribution is 0.135. The lowest BCUT2D eigenvalue weighted by Crippen LogP contribution is -2.44. The van der Waals surface area contributed by atoms with Gasteiger partial charge >= 0.3 is 6.03 Å². The molecule has 1 aromatic heterocycles. The number of carbonyl (C=O) groups is 1. The molecule has 1 fully saturated rings. The Labute approximate surface area is 124 Å². The normalized spacial score (nSPS) is 21.1. The van der Waals surface area contributed by atoms with Gasteiger partial charge in [0, 0.05) is 24.8 Å². The van der Waals surface area contributed by atoms with Gasteiger partial charge in [0.25, 0.3) is 0 Å². The lowest BCUT2D eigenvalue weighted by Gasteiger charge is -2.29. The van der Waals surface area contributed by atoms with Crippen molar-refractivity contribution in [2.24, 2.45) is 0 Å². The van der Waals surface area contributed by atoms with E-state index in [9.17, 15) is 4.79 Å². The molecule has 1 aliphatic rings. The van der Waals surface area contributed by atoms with Gasteiger partial charge in [-0.1, -0.05) is 0 Å². The van der Waals surface area contributed by atoms with E-state index in [-0.39, 0.29) is 18.2 Å². The van der Waals surface area contributed by atoms with Gasteiger partial charge in [-0.15, -0.1) is 0 Å². The first-order chi connectivity index (χ1) is 10.2. The minimum Gasteiger partial charge on any atom is -0.474 e. The van der Waals surface area contributed by atoms with Crippen molar-refractivity contribution in [3.8, 4) is 11.9 Å². The number of hydrogen-bond acceptors (Lipinski definition) is 4. The summed E-state index contributed by atoms with van der Waals surface area (Å²) in [4.78, 5) is 15.6. The highest BCUT2D eigenvalue weighted by atomic mass is 16.5. The summed E-state index contributed by atoms with van der Waals surface area (Å²) in [5.41, 5.74) is 0.525. The molecule has 0 aromatic carbocycles. The van der Waals surface area contributed by atoms with Gasteiger partial charge in [-0.25, -0.2) is 9.78 Å². The monoisotopic (exact) mass is 288 g/mol. The van der Waals surface area contributed by atoms with Crippen molar-refractivity contribution in [3.05, 3.63) is 23.9 Å². The summed E-state index contributed by atoms with van der Waals surface area (Å²) in [6.07, 6.45) is 5.21. The van der Waals surface area contributed by atoms with Crippen LogP contribution in [0.5, 0.6) is 5.88 Å². The van der Waals surface area contributed by atoms with E-state index in [1.165, 1.54) is 6.20 Å². The van der Waals surface area contributed by atoms with Gasteiger partial charge < -0.3 is 15.4 Å². The highest BCUT2D eigenvalue weighted by molar-refractivity contribution is 5.74. The first kappa shape index (κ1) is 15.1. The molecule has 2 amide bonds. The number of amides is 2. The molecule has 112 valence electrons. The topological polar surface area (TPSA) is 87.0 Å². The van der Waals surface area contributed by atoms with Gasteiger partial charge in [-0.05, 0) is 38.7 Å². The number of carbonyl (C=O) groups excluding carboxylic acids is 1. The van der Waals surface area contributed by atoms with E-state index in [2.05, 4.69) is 15.6 Å². The lowest BCUT2D eigenvalue weighted by atomic mass is 9.93. The Kier molecular flexibility index (Phi) is 5.38. The van der Waals surface area contributed by atoms with Gasteiger partial charge in [0.15, 0.2) is 0 Å². The maximum absolute atomic E-state index is 11.5. The number of nitriles is 1. The Balaban J connectivity index is 1.76. The second-order valence-corrected chi connectivity index (χ2v) is 5.09. The number of ether oxygens (including phenoxy) is 1. The molecule has 21 heavy (non-hydrogen) atoms. The zero-order valence-corrected chi connectivity index (χ0v) is 12.1. The van der Waals surface area contributed by atoms with E-state index in [4.69, 9.17) is 10.00 Å². The van der Waals surface area contributed by atoms with Gasteiger partial charge in [-0.3, -0.25) is 0 Å². The van der Waals surface area contributed by atoms with E-state index in [0.29, 0.717) is 18.0 Å². The molecule has 6 heteroatoms. The fourth-order valence-electron chi connectivity index (χ4n) is 2.41. The predicted octanol–water partition coefficient (Wildman–Crippen LogP) is 1.96. The number of aromatic nitrogens is 1. The summed E-state index contributed by atoms with van der Waals surface area (Å²) < 4.78 is 5.81. The number of hydrogen-bond donors (Lipinski definition) is 2. The first-order valence-electron chi connectivity index (χ1n) is 7.28. The van der Waals surface area contributed by atoms with Gasteiger partial charge in [0.1, 0.15) is 12.2 Å². The number of urea groups is 1. The van der Waals surface area contributed by atoms with Crippen molar-refractivity contribution < 1.29 is 9.53 Å². The molecular formula is C15H20N4O2. The Morgan fingerprint density at radius 1 is 1.43 bits per heavy atom. The van der Waals surface area contributed by atoms with Crippen LogP contribution in [0.15, 0.2) is 18.3 Å². The Morgan fingerprint density at radius 3 is 2.76 bits per heavy atom. The molecule has 2 rings (SSSR count). The summed E-state index contributed by atoms with van der Waals surface area (Å²) in [7, 11) is 0. The standard InChI is InChI=1S/C15H20N4O2/c1-2-17-15(20)19-12-4-6-13(7-5-12)21-14-8-3-11(9-16)10-18-14/h3,8,10,12-13H,2,4-7H2,1H3,(H2,17,19,20). The van der Waals surface area contributed by atoms with Crippen LogP contribution in [0.4, 0.5) is 4.79 Å². The first-order valence-corrected chi connectivity index (χ1v) is 7.28. The molecule has 1 aliphatic carbocycles. The van der Waals surface area contributed by atoms with E-state index >= 15 is 0 Å². The molecule has 0 saturated heterocycles. The molecule has 0 aliphatic heterocycles. The van der Waals surface area contributed by atoms with Crippen LogP contribution < -0.4 is 15.4 Å². The van der Waals surface area contributed by atoms with E-state index < -0.39 is 0 Å². The Bertz CT molecular complexity index is 501. The number of pyridine rings is 1. The number of rotatable bonds is 4. The van der Waals surface area contributed by atoms with E-state index in [1.807, 2.05) is 13.0 Å². The minimum atomic E-state index is -0.101. The number of nitrogens with zero attached hydrogens (tertiary/aromatic N) is 2. The van der Waals surface area contributed by atoms with Crippen LogP contribution in [0, 0.1) is 11.3 Å². The quantitative estimate of drug-likeness (QED) is 0.886. The van der Waals surface area contributed by atoms with Crippen molar-refractivity contribution in [3.63, 3.8) is 0 Å². The average Bonchev–Trinajstić information content (AvgIpc) is 2.50. The molecule has 2 N–H and O–H groups in total. The predicted molar refractivity (Wildman–Crippen MR) is 77.8 cm³/mol. The van der Waals surface area contributed by atoms with Crippen LogP contribution in [-0.2, 0) is 0 Å². The third-order valence-corrected chi connectivity index (χ3v) is 3.50. The fourth-order valence-corrected chi connectivity index (χ4v) is 2.41. The molecule has 0 unspecified atom stereocenters. The maximum atomic E-state index is 11.5. The van der Waals surface area contributed by atoms with Crippen molar-refractivity contribution in [2.45, 2.75) is 44.8 Å². The largest absolute Gasteiger partial charge is 0.474 e. The number of nitrogens with one attached hydrogen (secondary N) is 2. The minimum absolute atomic E-state index is 0.101. The fraction of sp³-hybridized carbons (Fsp3) is 0.533. The summed E-state index contributed by atoms with van der Waals surface area (Å²) in [6.45, 7) is 2.53. The zero-order chi connectivity index (χ0) is 15.1. The SMILES string of the molecule is CCNC(=O)NC1CCC(Oc2ccc(C#N)cn2)CC1. The Hall–Kier alpha value is -2.29. The molecule has 1 aromatic rings. The van der Waals surface area contributed by atoms with E-state index in [1.54, 1.807) is 12.1 Å². The summed E-state index contributed by atoms with van der Waals surface area (Å²) in [5, 5.41) is 14.4. The molecule has 1 saturated carbocycles. The molecule has 0 bridgehead atoms. The average molecular weight is 288 g/mol. The third-order valence-electron chi connectivity index (χ3n) is 3.50. The van der Waals surface area contributed by atoms with Crippen molar-refractivity contribution in [2.75, 3.05) is 6.54 Å². The van der Waals surface area contributed by atoms with E-state index in [0.717, 1.165) is 25.7 Å². The third kappa shape index (κ3) is 4.63. The summed E-state index contributed by atoms with van der Waals surface area (Å²) in [5.74, 6) is 0.550. The van der Waals surface area contributed by atoms with Crippen molar-refractivity contribution >= 4 is 6.03 Å². The second-order valence-electron chi connectivity index (χ2n) is 5.09. The highest BCUT2D eigenvalue weighted by Gasteiger charge is 2.23. The van der Waals surface area contributed by atoms with Gasteiger partial charge in [0.05, 0.1) is 5.56 Å². The second kappa shape index (κ2) is 7.48. The van der Waals surface area contributed by atoms with Crippen LogP contribution >= 0.6 is 0 Å². The van der Waals surface area contributed by atoms with Gasteiger partial charge in [0.2, 0.25) is 5.88 Å². The molecule has 6 nitrogen and oxygen atoms in total. The van der Waals surface area contributed by atoms with Crippen LogP contribution in [0.2, 0.25) is 0 Å². The Morgan fingerprint density at radius 2 is 2.19 bits per heavy atom. The molecular weight excluding hydrogens is 268 g/mol. The van der Waals surface area contributed by atoms with Crippen molar-refractivity contribution in [1.82, 2.24) is 15.6 Å². The van der Waals surface area contributed by atoms with Crippen LogP contribution in [-0.4, -0.2) is 29.7 Å². The summed E-state index contributed by atoms with van der Waals surface area (Å²) in [6, 6.07) is 5.56. The molecule has 1 heterocycles. The smallest absolute Gasteiger partial charge is 0.314 e. The van der Waals surface area contributed by atoms with Crippen LogP contribution in [0.1, 0.15) is 38.2 Å². The van der Waals surface area contributed by atoms with Crippen LogP contribution in [0.25, 0.3) is 0 Å².